The first-order valence-electron chi connectivity index (χ1n) is 9.12. The fourth-order valence-corrected chi connectivity index (χ4v) is 2.13. The molecule has 0 aliphatic heterocycles. The first kappa shape index (κ1) is 25.2. The molecule has 0 aliphatic rings. The van der Waals surface area contributed by atoms with Gasteiger partial charge in [-0.25, -0.2) is 0 Å². The maximum absolute atomic E-state index is 10.4. The predicted molar refractivity (Wildman–Crippen MR) is 103 cm³/mol. The molecule has 0 fully saturated rings. The van der Waals surface area contributed by atoms with Crippen molar-refractivity contribution < 1.29 is 35.4 Å². The molecule has 0 spiro atoms. The van der Waals surface area contributed by atoms with Crippen LogP contribution in [0.15, 0.2) is 48.6 Å². The summed E-state index contributed by atoms with van der Waals surface area (Å²) < 4.78 is 0. The van der Waals surface area contributed by atoms with Gasteiger partial charge in [-0.15, -0.1) is 0 Å². The van der Waals surface area contributed by atoms with E-state index in [4.69, 9.17) is 20.4 Å². The molecular weight excluding hydrogens is 352 g/mol. The van der Waals surface area contributed by atoms with Crippen LogP contribution in [0.1, 0.15) is 51.4 Å². The van der Waals surface area contributed by atoms with Crippen molar-refractivity contribution in [2.75, 3.05) is 0 Å². The van der Waals surface area contributed by atoms with Gasteiger partial charge in [-0.2, -0.15) is 0 Å². The number of rotatable bonds is 15. The Hall–Kier alpha value is -1.77. The van der Waals surface area contributed by atoms with E-state index < -0.39 is 24.2 Å². The lowest BCUT2D eigenvalue weighted by Crippen LogP contribution is -2.26. The fourth-order valence-electron chi connectivity index (χ4n) is 2.13. The van der Waals surface area contributed by atoms with Gasteiger partial charge in [0.15, 0.2) is 0 Å². The summed E-state index contributed by atoms with van der Waals surface area (Å²) in [4.78, 5) is 10.4. The molecule has 0 aromatic rings. The van der Waals surface area contributed by atoms with E-state index in [0.29, 0.717) is 32.1 Å². The Labute approximate surface area is 160 Å². The molecule has 0 rings (SSSR count). The normalized spacial score (nSPS) is 15.4. The summed E-state index contributed by atoms with van der Waals surface area (Å²) in [6.45, 7) is 0. The Morgan fingerprint density at radius 1 is 0.852 bits per heavy atom. The van der Waals surface area contributed by atoms with Crippen LogP contribution in [0.2, 0.25) is 0 Å². The standard InChI is InChI=1S/C20H32O7/c21-17(11-6-2-1-5-9-16-20(25,26)27)12-7-3-4-8-13-18(22)14-10-15-19(23)24/h2-4,6-8,12-13,17-18,21-22,25-27H,1,5,9-11,14-16H2,(H,23,24)/b4-3+,6-2-,12-7+,13-8-/t17-,18-/m0/s1. The highest BCUT2D eigenvalue weighted by Gasteiger charge is 2.16. The highest BCUT2D eigenvalue weighted by atomic mass is 16.7. The number of hydrogen-bond acceptors (Lipinski definition) is 6. The highest BCUT2D eigenvalue weighted by molar-refractivity contribution is 5.66. The molecule has 27 heavy (non-hydrogen) atoms. The largest absolute Gasteiger partial charge is 0.481 e. The Bertz CT molecular complexity index is 501. The minimum Gasteiger partial charge on any atom is -0.481 e. The summed E-state index contributed by atoms with van der Waals surface area (Å²) in [7, 11) is 0. The van der Waals surface area contributed by atoms with E-state index >= 15 is 0 Å². The molecule has 0 bridgehead atoms. The average molecular weight is 384 g/mol. The first-order chi connectivity index (χ1) is 12.7. The van der Waals surface area contributed by atoms with Gasteiger partial charge in [-0.3, -0.25) is 4.79 Å². The van der Waals surface area contributed by atoms with Crippen molar-refractivity contribution in [1.82, 2.24) is 0 Å². The molecule has 0 aromatic heterocycles. The number of unbranched alkanes of at least 4 members (excludes halogenated alkanes) is 2. The van der Waals surface area contributed by atoms with Crippen molar-refractivity contribution in [3.63, 3.8) is 0 Å². The van der Waals surface area contributed by atoms with Gasteiger partial charge in [0, 0.05) is 12.8 Å². The molecule has 0 radical (unpaired) electrons. The van der Waals surface area contributed by atoms with E-state index in [1.54, 1.807) is 36.5 Å². The minimum atomic E-state index is -2.59. The molecule has 0 saturated carbocycles. The van der Waals surface area contributed by atoms with Gasteiger partial charge in [-0.05, 0) is 38.5 Å². The van der Waals surface area contributed by atoms with E-state index in [9.17, 15) is 15.0 Å². The number of carbonyl (C=O) groups is 1. The Balaban J connectivity index is 3.82. The molecular formula is C20H32O7. The van der Waals surface area contributed by atoms with Gasteiger partial charge in [0.1, 0.15) is 0 Å². The third kappa shape index (κ3) is 20.4. The van der Waals surface area contributed by atoms with E-state index in [1.807, 2.05) is 12.2 Å². The van der Waals surface area contributed by atoms with Gasteiger partial charge >= 0.3 is 5.97 Å². The molecule has 0 amide bonds. The van der Waals surface area contributed by atoms with Crippen molar-refractivity contribution in [2.24, 2.45) is 0 Å². The number of aliphatic carboxylic acids is 1. The zero-order valence-corrected chi connectivity index (χ0v) is 15.5. The van der Waals surface area contributed by atoms with Crippen LogP contribution in [0.4, 0.5) is 0 Å². The van der Waals surface area contributed by atoms with Crippen LogP contribution in [0.3, 0.4) is 0 Å². The SMILES string of the molecule is O=C(O)CCC[C@@H](O)\C=C/C=C/C=C/[C@@H](O)C/C=C\CCCCC(O)(O)O. The van der Waals surface area contributed by atoms with Crippen LogP contribution >= 0.6 is 0 Å². The monoisotopic (exact) mass is 384 g/mol. The summed E-state index contributed by atoms with van der Waals surface area (Å²) in [6, 6.07) is 0. The zero-order chi connectivity index (χ0) is 20.5. The van der Waals surface area contributed by atoms with Crippen molar-refractivity contribution in [1.29, 1.82) is 0 Å². The molecule has 2 atom stereocenters. The lowest BCUT2D eigenvalue weighted by molar-refractivity contribution is -0.314. The number of aliphatic hydroxyl groups is 5. The van der Waals surface area contributed by atoms with Crippen LogP contribution in [0.5, 0.6) is 0 Å². The molecule has 7 nitrogen and oxygen atoms in total. The van der Waals surface area contributed by atoms with Crippen LogP contribution < -0.4 is 0 Å². The number of aliphatic hydroxyl groups excluding tert-OH is 2. The number of hydrogen-bond donors (Lipinski definition) is 6. The quantitative estimate of drug-likeness (QED) is 0.109. The second-order valence-electron chi connectivity index (χ2n) is 6.30. The summed E-state index contributed by atoms with van der Waals surface area (Å²) >= 11 is 0. The fraction of sp³-hybridized carbons (Fsp3) is 0.550. The maximum Gasteiger partial charge on any atom is 0.303 e. The van der Waals surface area contributed by atoms with Crippen LogP contribution in [-0.2, 0) is 4.79 Å². The molecule has 154 valence electrons. The average Bonchev–Trinajstić information content (AvgIpc) is 2.55. The van der Waals surface area contributed by atoms with Gasteiger partial charge < -0.3 is 30.6 Å². The summed E-state index contributed by atoms with van der Waals surface area (Å²) in [5.74, 6) is -3.46. The third-order valence-corrected chi connectivity index (χ3v) is 3.57. The van der Waals surface area contributed by atoms with Crippen LogP contribution in [0, 0.1) is 0 Å². The molecule has 7 heteroatoms. The van der Waals surface area contributed by atoms with Crippen LogP contribution in [0.25, 0.3) is 0 Å². The molecule has 0 unspecified atom stereocenters. The molecule has 0 aromatic carbocycles. The Morgan fingerprint density at radius 2 is 1.48 bits per heavy atom. The van der Waals surface area contributed by atoms with Crippen molar-refractivity contribution in [3.8, 4) is 0 Å². The van der Waals surface area contributed by atoms with E-state index in [0.717, 1.165) is 6.42 Å². The van der Waals surface area contributed by atoms with Gasteiger partial charge in [0.25, 0.3) is 5.97 Å². The maximum atomic E-state index is 10.4. The lowest BCUT2D eigenvalue weighted by atomic mass is 10.1. The van der Waals surface area contributed by atoms with E-state index in [1.165, 1.54) is 0 Å². The Kier molecular flexibility index (Phi) is 14.3. The molecule has 0 heterocycles. The second-order valence-corrected chi connectivity index (χ2v) is 6.30. The Morgan fingerprint density at radius 3 is 2.07 bits per heavy atom. The smallest absolute Gasteiger partial charge is 0.303 e. The van der Waals surface area contributed by atoms with Crippen molar-refractivity contribution in [3.05, 3.63) is 48.6 Å². The van der Waals surface area contributed by atoms with Crippen molar-refractivity contribution in [2.45, 2.75) is 69.5 Å². The summed E-state index contributed by atoms with van der Waals surface area (Å²) in [6.07, 6.45) is 15.6. The number of allylic oxidation sites excluding steroid dienone is 5. The van der Waals surface area contributed by atoms with Gasteiger partial charge in [0.2, 0.25) is 0 Å². The molecule has 0 saturated heterocycles. The molecule has 0 aliphatic carbocycles. The first-order valence-corrected chi connectivity index (χ1v) is 9.12. The number of carboxylic acid groups (broad SMARTS) is 1. The lowest BCUT2D eigenvalue weighted by Gasteiger charge is -2.12. The molecule has 6 N–H and O–H groups in total. The highest BCUT2D eigenvalue weighted by Crippen LogP contribution is 2.09. The minimum absolute atomic E-state index is 0.0461. The second kappa shape index (κ2) is 15.3. The zero-order valence-electron chi connectivity index (χ0n) is 15.5. The van der Waals surface area contributed by atoms with Gasteiger partial charge in [-0.1, -0.05) is 48.6 Å². The predicted octanol–water partition coefficient (Wildman–Crippen LogP) is 1.77. The van der Waals surface area contributed by atoms with E-state index in [-0.39, 0.29) is 12.8 Å². The van der Waals surface area contributed by atoms with Gasteiger partial charge in [0.05, 0.1) is 12.2 Å². The topological polar surface area (TPSA) is 138 Å². The van der Waals surface area contributed by atoms with E-state index in [2.05, 4.69) is 0 Å². The number of carboxylic acids is 1. The third-order valence-electron chi connectivity index (χ3n) is 3.57. The van der Waals surface area contributed by atoms with Crippen LogP contribution in [-0.4, -0.2) is 54.8 Å². The van der Waals surface area contributed by atoms with Crippen molar-refractivity contribution >= 4 is 5.97 Å². The summed E-state index contributed by atoms with van der Waals surface area (Å²) in [5, 5.41) is 54.0. The summed E-state index contributed by atoms with van der Waals surface area (Å²) in [5.41, 5.74) is 0.